The minimum absolute atomic E-state index is 0.0744. The largest absolute Gasteiger partial charge is 0.349 e. The highest BCUT2D eigenvalue weighted by Gasteiger charge is 2.14. The van der Waals surface area contributed by atoms with E-state index >= 15 is 0 Å². The van der Waals surface area contributed by atoms with Crippen molar-refractivity contribution in [2.45, 2.75) is 52.0 Å². The van der Waals surface area contributed by atoms with Crippen LogP contribution in [0.2, 0.25) is 0 Å². The number of fused-ring (bicyclic) bond motifs is 1. The zero-order chi connectivity index (χ0) is 14.4. The predicted molar refractivity (Wildman–Crippen MR) is 83.2 cm³/mol. The van der Waals surface area contributed by atoms with Crippen molar-refractivity contribution in [3.63, 3.8) is 0 Å². The fraction of sp³-hybridized carbons (Fsp3) is 0.588. The summed E-state index contributed by atoms with van der Waals surface area (Å²) in [6.45, 7) is 6.33. The van der Waals surface area contributed by atoms with Gasteiger partial charge in [-0.15, -0.1) is 0 Å². The molecular weight excluding hydrogens is 248 g/mol. The van der Waals surface area contributed by atoms with Gasteiger partial charge in [0.15, 0.2) is 0 Å². The quantitative estimate of drug-likeness (QED) is 0.867. The van der Waals surface area contributed by atoms with E-state index in [-0.39, 0.29) is 5.91 Å². The fourth-order valence-electron chi connectivity index (χ4n) is 2.81. The van der Waals surface area contributed by atoms with Crippen LogP contribution in [0.3, 0.4) is 0 Å². The second kappa shape index (κ2) is 7.44. The first-order valence-electron chi connectivity index (χ1n) is 7.88. The van der Waals surface area contributed by atoms with Gasteiger partial charge < -0.3 is 10.6 Å². The Kier molecular flexibility index (Phi) is 5.60. The Hall–Kier alpha value is -1.35. The molecule has 1 aliphatic heterocycles. The summed E-state index contributed by atoms with van der Waals surface area (Å²) in [4.78, 5) is 12.3. The molecule has 0 fully saturated rings. The van der Waals surface area contributed by atoms with E-state index in [0.29, 0.717) is 6.04 Å². The van der Waals surface area contributed by atoms with Crippen LogP contribution in [0.1, 0.15) is 54.6 Å². The minimum Gasteiger partial charge on any atom is -0.349 e. The normalized spacial score (nSPS) is 16.1. The van der Waals surface area contributed by atoms with E-state index in [2.05, 4.69) is 36.6 Å². The number of hydrogen-bond acceptors (Lipinski definition) is 2. The van der Waals surface area contributed by atoms with Gasteiger partial charge >= 0.3 is 0 Å². The maximum Gasteiger partial charge on any atom is 0.251 e. The maximum atomic E-state index is 12.3. The summed E-state index contributed by atoms with van der Waals surface area (Å²) in [5.41, 5.74) is 3.51. The average molecular weight is 274 g/mol. The Balaban J connectivity index is 2.08. The van der Waals surface area contributed by atoms with Gasteiger partial charge in [0.1, 0.15) is 0 Å². The van der Waals surface area contributed by atoms with Gasteiger partial charge in [-0.3, -0.25) is 4.79 Å². The molecule has 110 valence electrons. The molecule has 0 saturated carbocycles. The van der Waals surface area contributed by atoms with Crippen LogP contribution in [0.15, 0.2) is 18.2 Å². The van der Waals surface area contributed by atoms with Crippen molar-refractivity contribution in [1.29, 1.82) is 0 Å². The molecule has 1 unspecified atom stereocenters. The van der Waals surface area contributed by atoms with Crippen molar-refractivity contribution in [2.75, 3.05) is 13.1 Å². The lowest BCUT2D eigenvalue weighted by atomic mass is 9.99. The van der Waals surface area contributed by atoms with E-state index in [1.165, 1.54) is 11.1 Å². The van der Waals surface area contributed by atoms with Crippen LogP contribution < -0.4 is 10.6 Å². The van der Waals surface area contributed by atoms with Crippen molar-refractivity contribution >= 4 is 5.91 Å². The summed E-state index contributed by atoms with van der Waals surface area (Å²) in [7, 11) is 0. The Morgan fingerprint density at radius 2 is 2.00 bits per heavy atom. The topological polar surface area (TPSA) is 41.1 Å². The molecule has 0 radical (unpaired) electrons. The van der Waals surface area contributed by atoms with Crippen LogP contribution in [0.25, 0.3) is 0 Å². The van der Waals surface area contributed by atoms with Gasteiger partial charge in [-0.25, -0.2) is 0 Å². The highest BCUT2D eigenvalue weighted by atomic mass is 16.1. The lowest BCUT2D eigenvalue weighted by molar-refractivity contribution is 0.0933. The fourth-order valence-corrected chi connectivity index (χ4v) is 2.81. The predicted octanol–water partition coefficient (Wildman–Crippen LogP) is 2.68. The molecule has 2 N–H and O–H groups in total. The molecule has 0 aliphatic carbocycles. The van der Waals surface area contributed by atoms with E-state index in [9.17, 15) is 4.79 Å². The van der Waals surface area contributed by atoms with Crippen LogP contribution >= 0.6 is 0 Å². The third kappa shape index (κ3) is 3.83. The average Bonchev–Trinajstić information content (AvgIpc) is 2.71. The highest BCUT2D eigenvalue weighted by molar-refractivity contribution is 5.94. The first kappa shape index (κ1) is 15.0. The van der Waals surface area contributed by atoms with E-state index < -0.39 is 0 Å². The molecule has 3 nitrogen and oxygen atoms in total. The second-order valence-electron chi connectivity index (χ2n) is 5.60. The number of carbonyl (C=O) groups is 1. The standard InChI is InChI=1S/C17H26N2O/c1-3-5-16(4-2)19-17(20)15-7-6-13-8-10-18-11-9-14(13)12-15/h6-7,12,16,18H,3-5,8-11H2,1-2H3,(H,19,20). The van der Waals surface area contributed by atoms with Crippen LogP contribution in [-0.4, -0.2) is 25.0 Å². The monoisotopic (exact) mass is 274 g/mol. The highest BCUT2D eigenvalue weighted by Crippen LogP contribution is 2.16. The molecule has 1 amide bonds. The lowest BCUT2D eigenvalue weighted by Gasteiger charge is -2.16. The molecule has 1 heterocycles. The first-order chi connectivity index (χ1) is 9.74. The van der Waals surface area contributed by atoms with Crippen molar-refractivity contribution in [2.24, 2.45) is 0 Å². The number of benzene rings is 1. The van der Waals surface area contributed by atoms with E-state index in [0.717, 1.165) is 50.8 Å². The molecule has 3 heteroatoms. The molecule has 1 aliphatic rings. The Morgan fingerprint density at radius 1 is 1.25 bits per heavy atom. The molecule has 1 aromatic rings. The number of hydrogen-bond donors (Lipinski definition) is 2. The molecule has 0 saturated heterocycles. The van der Waals surface area contributed by atoms with E-state index in [1.807, 2.05) is 6.07 Å². The van der Waals surface area contributed by atoms with Gasteiger partial charge in [0.2, 0.25) is 0 Å². The molecule has 1 atom stereocenters. The van der Waals surface area contributed by atoms with E-state index in [1.54, 1.807) is 0 Å². The third-order valence-electron chi connectivity index (χ3n) is 4.08. The summed E-state index contributed by atoms with van der Waals surface area (Å²) >= 11 is 0. The number of rotatable bonds is 5. The molecule has 0 aromatic heterocycles. The molecular formula is C17H26N2O. The van der Waals surface area contributed by atoms with Crippen molar-refractivity contribution < 1.29 is 4.79 Å². The van der Waals surface area contributed by atoms with Gasteiger partial charge in [-0.2, -0.15) is 0 Å². The van der Waals surface area contributed by atoms with Crippen molar-refractivity contribution in [3.8, 4) is 0 Å². The van der Waals surface area contributed by atoms with Crippen LogP contribution in [0.4, 0.5) is 0 Å². The van der Waals surface area contributed by atoms with Gasteiger partial charge in [-0.05, 0) is 62.0 Å². The summed E-state index contributed by atoms with van der Waals surface area (Å²) in [5.74, 6) is 0.0744. The SMILES string of the molecule is CCCC(CC)NC(=O)c1ccc2c(c1)CCNCC2. The summed E-state index contributed by atoms with van der Waals surface area (Å²) in [6, 6.07) is 6.47. The Labute approximate surface area is 122 Å². The summed E-state index contributed by atoms with van der Waals surface area (Å²) < 4.78 is 0. The van der Waals surface area contributed by atoms with Crippen molar-refractivity contribution in [1.82, 2.24) is 10.6 Å². The van der Waals surface area contributed by atoms with Crippen molar-refractivity contribution in [3.05, 3.63) is 34.9 Å². The molecule has 2 rings (SSSR count). The Morgan fingerprint density at radius 3 is 2.70 bits per heavy atom. The van der Waals surface area contributed by atoms with Crippen LogP contribution in [0.5, 0.6) is 0 Å². The molecule has 0 spiro atoms. The zero-order valence-electron chi connectivity index (χ0n) is 12.7. The van der Waals surface area contributed by atoms with Gasteiger partial charge in [-0.1, -0.05) is 26.3 Å². The minimum atomic E-state index is 0.0744. The zero-order valence-corrected chi connectivity index (χ0v) is 12.7. The number of amides is 1. The molecule has 1 aromatic carbocycles. The number of carbonyl (C=O) groups excluding carboxylic acids is 1. The van der Waals surface area contributed by atoms with Gasteiger partial charge in [0, 0.05) is 11.6 Å². The van der Waals surface area contributed by atoms with Gasteiger partial charge in [0.25, 0.3) is 5.91 Å². The second-order valence-corrected chi connectivity index (χ2v) is 5.60. The molecule has 0 bridgehead atoms. The van der Waals surface area contributed by atoms with Crippen LogP contribution in [0, 0.1) is 0 Å². The summed E-state index contributed by atoms with van der Waals surface area (Å²) in [6.07, 6.45) is 5.23. The smallest absolute Gasteiger partial charge is 0.251 e. The lowest BCUT2D eigenvalue weighted by Crippen LogP contribution is -2.34. The third-order valence-corrected chi connectivity index (χ3v) is 4.08. The maximum absolute atomic E-state index is 12.3. The van der Waals surface area contributed by atoms with Gasteiger partial charge in [0.05, 0.1) is 0 Å². The Bertz CT molecular complexity index is 456. The molecule has 20 heavy (non-hydrogen) atoms. The number of nitrogens with one attached hydrogen (secondary N) is 2. The first-order valence-corrected chi connectivity index (χ1v) is 7.88. The van der Waals surface area contributed by atoms with E-state index in [4.69, 9.17) is 0 Å². The summed E-state index contributed by atoms with van der Waals surface area (Å²) in [5, 5.41) is 6.55. The van der Waals surface area contributed by atoms with Crippen LogP contribution in [-0.2, 0) is 12.8 Å².